The van der Waals surface area contributed by atoms with E-state index in [1.807, 2.05) is 12.1 Å². The van der Waals surface area contributed by atoms with Crippen molar-refractivity contribution in [2.75, 3.05) is 6.26 Å². The van der Waals surface area contributed by atoms with Crippen molar-refractivity contribution in [2.24, 2.45) is 0 Å². The summed E-state index contributed by atoms with van der Waals surface area (Å²) in [5.41, 5.74) is 0.594. The number of hydrogen-bond donors (Lipinski definition) is 2. The van der Waals surface area contributed by atoms with Gasteiger partial charge in [-0.2, -0.15) is 0 Å². The molecule has 124 valence electrons. The summed E-state index contributed by atoms with van der Waals surface area (Å²) >= 11 is 0. The summed E-state index contributed by atoms with van der Waals surface area (Å²) in [6, 6.07) is 10.2. The number of nitrogens with one attached hydrogen (secondary N) is 1. The van der Waals surface area contributed by atoms with E-state index in [2.05, 4.69) is 5.32 Å². The molecule has 0 aliphatic rings. The highest BCUT2D eigenvalue weighted by Gasteiger charge is 2.23. The number of rotatable bonds is 6. The summed E-state index contributed by atoms with van der Waals surface area (Å²) in [7, 11) is -1.03. The molecule has 0 aliphatic carbocycles. The van der Waals surface area contributed by atoms with Gasteiger partial charge in [0.2, 0.25) is 0 Å². The lowest BCUT2D eigenvalue weighted by atomic mass is 10.0. The average molecular weight is 339 g/mol. The maximum Gasteiger partial charge on any atom is 0.132 e. The zero-order valence-electron chi connectivity index (χ0n) is 12.9. The van der Waals surface area contributed by atoms with E-state index in [0.29, 0.717) is 6.54 Å². The molecule has 0 unspecified atom stereocenters. The van der Waals surface area contributed by atoms with Crippen molar-refractivity contribution in [2.45, 2.75) is 30.5 Å². The van der Waals surface area contributed by atoms with Gasteiger partial charge in [-0.15, -0.1) is 0 Å². The first-order chi connectivity index (χ1) is 10.9. The molecule has 0 heterocycles. The molecule has 2 N–H and O–H groups in total. The Morgan fingerprint density at radius 1 is 1.13 bits per heavy atom. The molecule has 3 atom stereocenters. The van der Waals surface area contributed by atoms with Gasteiger partial charge in [-0.25, -0.2) is 8.78 Å². The Morgan fingerprint density at radius 2 is 1.70 bits per heavy atom. The summed E-state index contributed by atoms with van der Waals surface area (Å²) < 4.78 is 38.7. The molecule has 3 nitrogen and oxygen atoms in total. The molecule has 0 fully saturated rings. The third-order valence-corrected chi connectivity index (χ3v) is 4.59. The maximum absolute atomic E-state index is 13.7. The molecule has 0 aromatic heterocycles. The van der Waals surface area contributed by atoms with Gasteiger partial charge in [0.1, 0.15) is 11.6 Å². The van der Waals surface area contributed by atoms with Crippen molar-refractivity contribution >= 4 is 10.8 Å². The van der Waals surface area contributed by atoms with Crippen LogP contribution in [-0.4, -0.2) is 21.6 Å². The van der Waals surface area contributed by atoms with Crippen molar-refractivity contribution in [1.82, 2.24) is 5.32 Å². The first-order valence-corrected chi connectivity index (χ1v) is 8.73. The highest BCUT2D eigenvalue weighted by Crippen LogP contribution is 2.23. The van der Waals surface area contributed by atoms with E-state index >= 15 is 0 Å². The quantitative estimate of drug-likeness (QED) is 0.851. The van der Waals surface area contributed by atoms with Gasteiger partial charge in [-0.05, 0) is 36.8 Å². The number of halogens is 2. The van der Waals surface area contributed by atoms with Crippen LogP contribution in [0.5, 0.6) is 0 Å². The first-order valence-electron chi connectivity index (χ1n) is 7.18. The molecular weight excluding hydrogens is 320 g/mol. The molecule has 0 spiro atoms. The summed E-state index contributed by atoms with van der Waals surface area (Å²) in [6.45, 7) is 2.08. The van der Waals surface area contributed by atoms with Crippen molar-refractivity contribution in [3.8, 4) is 0 Å². The normalized spacial score (nSPS) is 15.2. The van der Waals surface area contributed by atoms with Gasteiger partial charge < -0.3 is 10.4 Å². The smallest absolute Gasteiger partial charge is 0.132 e. The monoisotopic (exact) mass is 339 g/mol. The van der Waals surface area contributed by atoms with E-state index in [-0.39, 0.29) is 5.56 Å². The topological polar surface area (TPSA) is 49.3 Å². The van der Waals surface area contributed by atoms with E-state index in [1.165, 1.54) is 6.07 Å². The SMILES string of the molecule is C[C@H](NCc1ccc([S@](C)=O)cc1)[C@@H](O)c1c(F)cccc1F. The van der Waals surface area contributed by atoms with Crippen LogP contribution in [0, 0.1) is 11.6 Å². The Morgan fingerprint density at radius 3 is 2.22 bits per heavy atom. The standard InChI is InChI=1S/C17H19F2NO2S/c1-11(17(21)16-14(18)4-3-5-15(16)19)20-10-12-6-8-13(9-7-12)23(2)22/h3-9,11,17,20-21H,10H2,1-2H3/t11-,17+,23-/m0/s1. The molecule has 2 aromatic rings. The molecule has 2 rings (SSSR count). The van der Waals surface area contributed by atoms with Gasteiger partial charge in [0.15, 0.2) is 0 Å². The molecule has 23 heavy (non-hydrogen) atoms. The highest BCUT2D eigenvalue weighted by atomic mass is 32.2. The Kier molecular flexibility index (Phi) is 5.98. The van der Waals surface area contributed by atoms with Crippen LogP contribution in [0.25, 0.3) is 0 Å². The molecule has 0 radical (unpaired) electrons. The molecule has 0 bridgehead atoms. The van der Waals surface area contributed by atoms with Crippen LogP contribution < -0.4 is 5.32 Å². The van der Waals surface area contributed by atoms with Crippen LogP contribution in [0.4, 0.5) is 8.78 Å². The molecular formula is C17H19F2NO2S. The number of hydrogen-bond acceptors (Lipinski definition) is 3. The molecule has 6 heteroatoms. The van der Waals surface area contributed by atoms with E-state index in [0.717, 1.165) is 22.6 Å². The first kappa shape index (κ1) is 17.7. The minimum Gasteiger partial charge on any atom is -0.387 e. The molecule has 0 amide bonds. The van der Waals surface area contributed by atoms with Gasteiger partial charge in [0.25, 0.3) is 0 Å². The van der Waals surface area contributed by atoms with Crippen LogP contribution in [0.3, 0.4) is 0 Å². The number of aliphatic hydroxyl groups is 1. The highest BCUT2D eigenvalue weighted by molar-refractivity contribution is 7.84. The fourth-order valence-electron chi connectivity index (χ4n) is 2.23. The third kappa shape index (κ3) is 4.43. The fourth-order valence-corrected chi connectivity index (χ4v) is 2.75. The average Bonchev–Trinajstić information content (AvgIpc) is 2.52. The van der Waals surface area contributed by atoms with E-state index in [9.17, 15) is 18.1 Å². The fraction of sp³-hybridized carbons (Fsp3) is 0.294. The Hall–Kier alpha value is -1.63. The molecule has 0 aliphatic heterocycles. The lowest BCUT2D eigenvalue weighted by Gasteiger charge is -2.21. The van der Waals surface area contributed by atoms with Crippen LogP contribution in [0.1, 0.15) is 24.2 Å². The van der Waals surface area contributed by atoms with Crippen molar-refractivity contribution < 1.29 is 18.1 Å². The molecule has 2 aromatic carbocycles. The number of aliphatic hydroxyl groups excluding tert-OH is 1. The second-order valence-electron chi connectivity index (χ2n) is 5.35. The summed E-state index contributed by atoms with van der Waals surface area (Å²) in [4.78, 5) is 0.732. The zero-order valence-corrected chi connectivity index (χ0v) is 13.7. The van der Waals surface area contributed by atoms with Gasteiger partial charge in [0, 0.05) is 34.5 Å². The van der Waals surface area contributed by atoms with E-state index in [1.54, 1.807) is 25.3 Å². The van der Waals surface area contributed by atoms with Gasteiger partial charge in [-0.3, -0.25) is 4.21 Å². The van der Waals surface area contributed by atoms with Crippen LogP contribution in [0.2, 0.25) is 0 Å². The maximum atomic E-state index is 13.7. The second-order valence-corrected chi connectivity index (χ2v) is 6.73. The predicted octanol–water partition coefficient (Wildman–Crippen LogP) is 2.91. The lowest BCUT2D eigenvalue weighted by Crippen LogP contribution is -2.32. The van der Waals surface area contributed by atoms with Crippen LogP contribution in [0.15, 0.2) is 47.4 Å². The van der Waals surface area contributed by atoms with Gasteiger partial charge in [0.05, 0.1) is 11.7 Å². The lowest BCUT2D eigenvalue weighted by molar-refractivity contribution is 0.127. The minimum atomic E-state index is -1.29. The van der Waals surface area contributed by atoms with Crippen molar-refractivity contribution in [3.63, 3.8) is 0 Å². The molecule has 0 saturated heterocycles. The number of benzene rings is 2. The van der Waals surface area contributed by atoms with Crippen LogP contribution in [-0.2, 0) is 17.3 Å². The summed E-state index contributed by atoms with van der Waals surface area (Å²) in [6.07, 6.45) is 0.313. The Labute approximate surface area is 136 Å². The minimum absolute atomic E-state index is 0.329. The van der Waals surface area contributed by atoms with E-state index in [4.69, 9.17) is 0 Å². The van der Waals surface area contributed by atoms with Crippen molar-refractivity contribution in [3.05, 3.63) is 65.2 Å². The van der Waals surface area contributed by atoms with E-state index < -0.39 is 34.6 Å². The summed E-state index contributed by atoms with van der Waals surface area (Å²) in [5, 5.41) is 13.2. The van der Waals surface area contributed by atoms with Crippen LogP contribution >= 0.6 is 0 Å². The third-order valence-electron chi connectivity index (χ3n) is 3.65. The van der Waals surface area contributed by atoms with Gasteiger partial charge in [-0.1, -0.05) is 18.2 Å². The predicted molar refractivity (Wildman–Crippen MR) is 86.4 cm³/mol. The Balaban J connectivity index is 2.01. The zero-order chi connectivity index (χ0) is 17.0. The molecule has 0 saturated carbocycles. The Bertz CT molecular complexity index is 671. The van der Waals surface area contributed by atoms with Crippen molar-refractivity contribution in [1.29, 1.82) is 0 Å². The van der Waals surface area contributed by atoms with Gasteiger partial charge >= 0.3 is 0 Å². The summed E-state index contributed by atoms with van der Waals surface area (Å²) in [5.74, 6) is -1.53. The largest absolute Gasteiger partial charge is 0.387 e. The second kappa shape index (κ2) is 7.77.